The molecule has 1 heterocycles. The highest BCUT2D eigenvalue weighted by molar-refractivity contribution is 6.29. The first-order chi connectivity index (χ1) is 8.93. The molecule has 2 N–H and O–H groups in total. The number of amides is 1. The number of nitrogens with zero attached hydrogens (tertiary/aromatic N) is 1. The van der Waals surface area contributed by atoms with Gasteiger partial charge >= 0.3 is 5.97 Å². The molecule has 0 saturated carbocycles. The van der Waals surface area contributed by atoms with Crippen LogP contribution in [0.4, 0.5) is 5.82 Å². The summed E-state index contributed by atoms with van der Waals surface area (Å²) in [6, 6.07) is 4.86. The van der Waals surface area contributed by atoms with Crippen molar-refractivity contribution in [3.05, 3.63) is 23.4 Å². The lowest BCUT2D eigenvalue weighted by molar-refractivity contribution is -0.151. The topological polar surface area (TPSA) is 79.3 Å². The molecule has 0 saturated heterocycles. The zero-order chi connectivity index (χ0) is 14.5. The highest BCUT2D eigenvalue weighted by Crippen LogP contribution is 2.31. The number of anilines is 1. The molecule has 1 aromatic heterocycles. The fourth-order valence-electron chi connectivity index (χ4n) is 1.85. The Balaban J connectivity index is 2.76. The minimum atomic E-state index is -1.03. The summed E-state index contributed by atoms with van der Waals surface area (Å²) in [5.41, 5.74) is -1.03. The fourth-order valence-corrected chi connectivity index (χ4v) is 2.01. The highest BCUT2D eigenvalue weighted by atomic mass is 35.5. The molecule has 1 amide bonds. The van der Waals surface area contributed by atoms with Gasteiger partial charge in [0, 0.05) is 6.42 Å². The number of carboxylic acid groups (broad SMARTS) is 1. The molecule has 1 aromatic rings. The van der Waals surface area contributed by atoms with Crippen LogP contribution in [0.15, 0.2) is 18.2 Å². The summed E-state index contributed by atoms with van der Waals surface area (Å²) in [6.07, 6.45) is 0.716. The molecule has 0 spiro atoms. The van der Waals surface area contributed by atoms with Gasteiger partial charge in [0.25, 0.3) is 0 Å². The Morgan fingerprint density at radius 3 is 2.47 bits per heavy atom. The molecule has 0 radical (unpaired) electrons. The van der Waals surface area contributed by atoms with E-state index in [2.05, 4.69) is 10.3 Å². The van der Waals surface area contributed by atoms with Crippen molar-refractivity contribution in [2.45, 2.75) is 33.1 Å². The molecule has 0 fully saturated rings. The van der Waals surface area contributed by atoms with E-state index >= 15 is 0 Å². The Kier molecular flexibility index (Phi) is 5.30. The van der Waals surface area contributed by atoms with Gasteiger partial charge < -0.3 is 10.4 Å². The number of pyridine rings is 1. The van der Waals surface area contributed by atoms with Gasteiger partial charge in [-0.2, -0.15) is 0 Å². The van der Waals surface area contributed by atoms with Gasteiger partial charge in [0.15, 0.2) is 0 Å². The number of aromatic nitrogens is 1. The number of nitrogens with one attached hydrogen (secondary N) is 1. The first-order valence-electron chi connectivity index (χ1n) is 6.09. The molecule has 0 unspecified atom stereocenters. The second kappa shape index (κ2) is 6.52. The van der Waals surface area contributed by atoms with Crippen LogP contribution in [0.5, 0.6) is 0 Å². The van der Waals surface area contributed by atoms with Crippen LogP contribution in [-0.4, -0.2) is 22.0 Å². The van der Waals surface area contributed by atoms with Crippen molar-refractivity contribution in [3.8, 4) is 0 Å². The first kappa shape index (κ1) is 15.4. The van der Waals surface area contributed by atoms with Crippen molar-refractivity contribution >= 4 is 29.3 Å². The smallest absolute Gasteiger partial charge is 0.310 e. The molecule has 0 bridgehead atoms. The predicted octanol–water partition coefficient (Wildman–Crippen LogP) is 2.95. The molecule has 104 valence electrons. The summed E-state index contributed by atoms with van der Waals surface area (Å²) < 4.78 is 0. The largest absolute Gasteiger partial charge is 0.481 e. The van der Waals surface area contributed by atoms with Gasteiger partial charge in [-0.1, -0.05) is 31.5 Å². The number of carboxylic acids is 1. The quantitative estimate of drug-likeness (QED) is 0.787. The number of rotatable bonds is 6. The summed E-state index contributed by atoms with van der Waals surface area (Å²) in [5.74, 6) is -1.00. The highest BCUT2D eigenvalue weighted by Gasteiger charge is 2.37. The van der Waals surface area contributed by atoms with E-state index in [1.165, 1.54) is 0 Å². The van der Waals surface area contributed by atoms with Gasteiger partial charge in [0.1, 0.15) is 11.0 Å². The molecule has 1 rings (SSSR count). The van der Waals surface area contributed by atoms with E-state index in [1.807, 2.05) is 0 Å². The first-order valence-corrected chi connectivity index (χ1v) is 6.47. The third kappa shape index (κ3) is 3.92. The van der Waals surface area contributed by atoms with E-state index in [4.69, 9.17) is 11.6 Å². The number of carbonyl (C=O) groups excluding carboxylic acids is 1. The van der Waals surface area contributed by atoms with E-state index < -0.39 is 11.4 Å². The molecule has 0 aliphatic carbocycles. The van der Waals surface area contributed by atoms with Crippen LogP contribution in [0.1, 0.15) is 33.1 Å². The van der Waals surface area contributed by atoms with Crippen molar-refractivity contribution in [2.24, 2.45) is 5.41 Å². The summed E-state index contributed by atoms with van der Waals surface area (Å²) >= 11 is 5.71. The average Bonchev–Trinajstić information content (AvgIpc) is 2.35. The lowest BCUT2D eigenvalue weighted by Crippen LogP contribution is -2.34. The SMILES string of the molecule is CCC(CC)(CC(=O)Nc1cccc(Cl)n1)C(=O)O. The molecule has 19 heavy (non-hydrogen) atoms. The van der Waals surface area contributed by atoms with Crippen LogP contribution in [-0.2, 0) is 9.59 Å². The van der Waals surface area contributed by atoms with E-state index in [0.717, 1.165) is 0 Å². The summed E-state index contributed by atoms with van der Waals surface area (Å²) in [5, 5.41) is 12.1. The van der Waals surface area contributed by atoms with Crippen LogP contribution in [0.25, 0.3) is 0 Å². The van der Waals surface area contributed by atoms with Crippen molar-refractivity contribution in [1.29, 1.82) is 0 Å². The van der Waals surface area contributed by atoms with Gasteiger partial charge in [-0.3, -0.25) is 9.59 Å². The van der Waals surface area contributed by atoms with Crippen molar-refractivity contribution in [1.82, 2.24) is 4.98 Å². The minimum absolute atomic E-state index is 0.0798. The van der Waals surface area contributed by atoms with Crippen LogP contribution in [0.3, 0.4) is 0 Å². The van der Waals surface area contributed by atoms with E-state index in [1.54, 1.807) is 32.0 Å². The van der Waals surface area contributed by atoms with Crippen LogP contribution < -0.4 is 5.32 Å². The Morgan fingerprint density at radius 1 is 1.37 bits per heavy atom. The Labute approximate surface area is 117 Å². The van der Waals surface area contributed by atoms with Gasteiger partial charge in [0.2, 0.25) is 5.91 Å². The van der Waals surface area contributed by atoms with Gasteiger partial charge in [0.05, 0.1) is 5.41 Å². The minimum Gasteiger partial charge on any atom is -0.481 e. The van der Waals surface area contributed by atoms with E-state index in [-0.39, 0.29) is 17.5 Å². The molecule has 0 aliphatic heterocycles. The normalized spacial score (nSPS) is 11.1. The Morgan fingerprint density at radius 2 is 2.00 bits per heavy atom. The molecular weight excluding hydrogens is 268 g/mol. The van der Waals surface area contributed by atoms with Gasteiger partial charge in [-0.05, 0) is 25.0 Å². The maximum Gasteiger partial charge on any atom is 0.310 e. The zero-order valence-electron chi connectivity index (χ0n) is 10.9. The lowest BCUT2D eigenvalue weighted by atomic mass is 9.79. The number of hydrogen-bond donors (Lipinski definition) is 2. The monoisotopic (exact) mass is 284 g/mol. The van der Waals surface area contributed by atoms with Crippen molar-refractivity contribution in [3.63, 3.8) is 0 Å². The van der Waals surface area contributed by atoms with Crippen LogP contribution in [0.2, 0.25) is 5.15 Å². The maximum absolute atomic E-state index is 11.9. The molecular formula is C13H17ClN2O3. The third-order valence-electron chi connectivity index (χ3n) is 3.29. The Bertz CT molecular complexity index is 473. The molecule has 0 aliphatic rings. The second-order valence-electron chi connectivity index (χ2n) is 4.36. The number of halogens is 1. The second-order valence-corrected chi connectivity index (χ2v) is 4.75. The predicted molar refractivity (Wildman–Crippen MR) is 73.1 cm³/mol. The average molecular weight is 285 g/mol. The van der Waals surface area contributed by atoms with Crippen LogP contribution in [0, 0.1) is 5.41 Å². The standard InChI is InChI=1S/C13H17ClN2O3/c1-3-13(4-2,12(18)19)8-11(17)16-10-7-5-6-9(14)15-10/h5-7H,3-4,8H2,1-2H3,(H,18,19)(H,15,16,17). The van der Waals surface area contributed by atoms with E-state index in [0.29, 0.717) is 18.7 Å². The third-order valence-corrected chi connectivity index (χ3v) is 3.50. The summed E-state index contributed by atoms with van der Waals surface area (Å²) in [6.45, 7) is 3.53. The molecule has 0 aromatic carbocycles. The van der Waals surface area contributed by atoms with Gasteiger partial charge in [-0.25, -0.2) is 4.98 Å². The summed E-state index contributed by atoms with van der Waals surface area (Å²) in [4.78, 5) is 27.1. The fraction of sp³-hybridized carbons (Fsp3) is 0.462. The number of aliphatic carboxylic acids is 1. The molecule has 0 atom stereocenters. The molecule has 5 nitrogen and oxygen atoms in total. The van der Waals surface area contributed by atoms with E-state index in [9.17, 15) is 14.7 Å². The van der Waals surface area contributed by atoms with Crippen molar-refractivity contribution in [2.75, 3.05) is 5.32 Å². The lowest BCUT2D eigenvalue weighted by Gasteiger charge is -2.25. The summed E-state index contributed by atoms with van der Waals surface area (Å²) in [7, 11) is 0. The van der Waals surface area contributed by atoms with Crippen LogP contribution >= 0.6 is 11.6 Å². The zero-order valence-corrected chi connectivity index (χ0v) is 11.7. The Hall–Kier alpha value is -1.62. The van der Waals surface area contributed by atoms with Gasteiger partial charge in [-0.15, -0.1) is 0 Å². The number of carbonyl (C=O) groups is 2. The molecule has 6 heteroatoms. The van der Waals surface area contributed by atoms with Crippen molar-refractivity contribution < 1.29 is 14.7 Å². The maximum atomic E-state index is 11.9. The number of hydrogen-bond acceptors (Lipinski definition) is 3.